The third-order valence-electron chi connectivity index (χ3n) is 1.17. The zero-order valence-electron chi connectivity index (χ0n) is 5.67. The van der Waals surface area contributed by atoms with Gasteiger partial charge in [-0.3, -0.25) is 14.5 Å². The molecule has 0 aromatic rings. The minimum atomic E-state index is -0.239. The first-order valence-corrected chi connectivity index (χ1v) is 4.28. The predicted molar refractivity (Wildman–Crippen MR) is 44.6 cm³/mol. The first kappa shape index (κ1) is 8.62. The van der Waals surface area contributed by atoms with Gasteiger partial charge < -0.3 is 0 Å². The maximum absolute atomic E-state index is 10.9. The SMILES string of the molecule is C=C(Cl)CN1C(=O)CSC1=O. The van der Waals surface area contributed by atoms with Crippen LogP contribution in [0.25, 0.3) is 0 Å². The molecule has 0 aromatic heterocycles. The molecular formula is C6H6ClNO2S. The van der Waals surface area contributed by atoms with E-state index in [9.17, 15) is 9.59 Å². The van der Waals surface area contributed by atoms with Crippen LogP contribution in [0, 0.1) is 0 Å². The van der Waals surface area contributed by atoms with Gasteiger partial charge in [0.25, 0.3) is 5.24 Å². The Bertz CT molecular complexity index is 213. The molecule has 1 aliphatic heterocycles. The molecule has 0 aromatic carbocycles. The average Bonchev–Trinajstić information content (AvgIpc) is 2.18. The van der Waals surface area contributed by atoms with Crippen LogP contribution in [0.2, 0.25) is 0 Å². The molecule has 1 heterocycles. The molecule has 0 spiro atoms. The lowest BCUT2D eigenvalue weighted by Gasteiger charge is -2.10. The highest BCUT2D eigenvalue weighted by atomic mass is 35.5. The number of hydrogen-bond acceptors (Lipinski definition) is 3. The van der Waals surface area contributed by atoms with Crippen molar-refractivity contribution in [3.63, 3.8) is 0 Å². The summed E-state index contributed by atoms with van der Waals surface area (Å²) in [5, 5.41) is 0.0611. The van der Waals surface area contributed by atoms with Crippen LogP contribution in [0.4, 0.5) is 4.79 Å². The summed E-state index contributed by atoms with van der Waals surface area (Å²) in [7, 11) is 0. The number of amides is 2. The van der Waals surface area contributed by atoms with E-state index in [-0.39, 0.29) is 23.4 Å². The van der Waals surface area contributed by atoms with E-state index in [1.165, 1.54) is 0 Å². The van der Waals surface area contributed by atoms with Gasteiger partial charge in [-0.1, -0.05) is 29.9 Å². The van der Waals surface area contributed by atoms with Crippen LogP contribution in [0.3, 0.4) is 0 Å². The summed E-state index contributed by atoms with van der Waals surface area (Å²) >= 11 is 6.43. The van der Waals surface area contributed by atoms with Crippen LogP contribution in [0.15, 0.2) is 11.6 Å². The number of halogens is 1. The first-order valence-electron chi connectivity index (χ1n) is 2.91. The van der Waals surface area contributed by atoms with Crippen LogP contribution >= 0.6 is 23.4 Å². The minimum Gasteiger partial charge on any atom is -0.273 e. The van der Waals surface area contributed by atoms with Gasteiger partial charge in [-0.05, 0) is 0 Å². The Labute approximate surface area is 73.4 Å². The molecule has 5 heteroatoms. The van der Waals surface area contributed by atoms with Crippen molar-refractivity contribution in [2.75, 3.05) is 12.3 Å². The fraction of sp³-hybridized carbons (Fsp3) is 0.333. The summed E-state index contributed by atoms with van der Waals surface area (Å²) in [6.45, 7) is 3.53. The molecule has 0 atom stereocenters. The zero-order chi connectivity index (χ0) is 8.43. The number of carbonyl (C=O) groups is 2. The molecule has 0 radical (unpaired) electrons. The molecule has 0 N–H and O–H groups in total. The number of rotatable bonds is 2. The van der Waals surface area contributed by atoms with Crippen molar-refractivity contribution >= 4 is 34.5 Å². The molecule has 0 saturated carbocycles. The Kier molecular flexibility index (Phi) is 2.57. The standard InChI is InChI=1S/C6H6ClNO2S/c1-4(7)2-8-5(9)3-11-6(8)10/h1-3H2. The molecule has 1 rings (SSSR count). The molecule has 11 heavy (non-hydrogen) atoms. The topological polar surface area (TPSA) is 37.4 Å². The van der Waals surface area contributed by atoms with Crippen LogP contribution in [-0.4, -0.2) is 28.3 Å². The summed E-state index contributed by atoms with van der Waals surface area (Å²) in [5.41, 5.74) is 0. The Morgan fingerprint density at radius 2 is 2.36 bits per heavy atom. The normalized spacial score (nSPS) is 17.7. The summed E-state index contributed by atoms with van der Waals surface area (Å²) < 4.78 is 0. The Morgan fingerprint density at radius 1 is 1.73 bits per heavy atom. The third kappa shape index (κ3) is 1.97. The van der Waals surface area contributed by atoms with Gasteiger partial charge in [-0.25, -0.2) is 0 Å². The van der Waals surface area contributed by atoms with Crippen LogP contribution in [-0.2, 0) is 4.79 Å². The highest BCUT2D eigenvalue weighted by Crippen LogP contribution is 2.19. The van der Waals surface area contributed by atoms with Crippen molar-refractivity contribution in [3.05, 3.63) is 11.6 Å². The monoisotopic (exact) mass is 191 g/mol. The maximum Gasteiger partial charge on any atom is 0.289 e. The van der Waals surface area contributed by atoms with E-state index in [0.29, 0.717) is 5.03 Å². The fourth-order valence-electron chi connectivity index (χ4n) is 0.705. The number of hydrogen-bond donors (Lipinski definition) is 0. The van der Waals surface area contributed by atoms with Gasteiger partial charge in [0, 0.05) is 5.03 Å². The van der Waals surface area contributed by atoms with Gasteiger partial charge in [-0.2, -0.15) is 0 Å². The van der Waals surface area contributed by atoms with E-state index in [0.717, 1.165) is 16.7 Å². The second-order valence-electron chi connectivity index (χ2n) is 2.05. The van der Waals surface area contributed by atoms with Crippen LogP contribution in [0.1, 0.15) is 0 Å². The summed E-state index contributed by atoms with van der Waals surface area (Å²) in [6.07, 6.45) is 0. The number of imide groups is 1. The maximum atomic E-state index is 10.9. The first-order chi connectivity index (χ1) is 5.11. The Hall–Kier alpha value is -0.480. The predicted octanol–water partition coefficient (Wildman–Crippen LogP) is 1.43. The Morgan fingerprint density at radius 3 is 2.73 bits per heavy atom. The van der Waals surface area contributed by atoms with Gasteiger partial charge in [0.1, 0.15) is 0 Å². The molecule has 2 amide bonds. The van der Waals surface area contributed by atoms with Crippen LogP contribution < -0.4 is 0 Å². The van der Waals surface area contributed by atoms with Crippen LogP contribution in [0.5, 0.6) is 0 Å². The highest BCUT2D eigenvalue weighted by Gasteiger charge is 2.29. The second-order valence-corrected chi connectivity index (χ2v) is 3.51. The van der Waals surface area contributed by atoms with Crippen molar-refractivity contribution in [3.8, 4) is 0 Å². The van der Waals surface area contributed by atoms with E-state index in [4.69, 9.17) is 11.6 Å². The smallest absolute Gasteiger partial charge is 0.273 e. The van der Waals surface area contributed by atoms with Gasteiger partial charge in [0.05, 0.1) is 12.3 Å². The molecular weight excluding hydrogens is 186 g/mol. The van der Waals surface area contributed by atoms with E-state index >= 15 is 0 Å². The molecule has 0 bridgehead atoms. The molecule has 1 fully saturated rings. The molecule has 0 aliphatic carbocycles. The molecule has 3 nitrogen and oxygen atoms in total. The molecule has 1 aliphatic rings. The van der Waals surface area contributed by atoms with Crippen molar-refractivity contribution in [2.45, 2.75) is 0 Å². The fourth-order valence-corrected chi connectivity index (χ4v) is 1.55. The van der Waals surface area contributed by atoms with Gasteiger partial charge in [0.15, 0.2) is 0 Å². The number of carbonyl (C=O) groups excluding carboxylic acids is 2. The average molecular weight is 192 g/mol. The molecule has 1 saturated heterocycles. The summed E-state index contributed by atoms with van der Waals surface area (Å²) in [6, 6.07) is 0. The summed E-state index contributed by atoms with van der Waals surface area (Å²) in [4.78, 5) is 22.9. The zero-order valence-corrected chi connectivity index (χ0v) is 7.24. The van der Waals surface area contributed by atoms with E-state index in [1.807, 2.05) is 0 Å². The third-order valence-corrected chi connectivity index (χ3v) is 2.15. The summed E-state index contributed by atoms with van der Waals surface area (Å²) in [5.74, 6) is 0.0324. The molecule has 0 unspecified atom stereocenters. The second kappa shape index (κ2) is 3.28. The lowest BCUT2D eigenvalue weighted by atomic mass is 10.5. The van der Waals surface area contributed by atoms with Crippen molar-refractivity contribution in [1.82, 2.24) is 4.90 Å². The van der Waals surface area contributed by atoms with Gasteiger partial charge in [0.2, 0.25) is 5.91 Å². The minimum absolute atomic E-state index is 0.131. The van der Waals surface area contributed by atoms with Crippen molar-refractivity contribution in [2.24, 2.45) is 0 Å². The van der Waals surface area contributed by atoms with Crippen molar-refractivity contribution in [1.29, 1.82) is 0 Å². The molecule has 60 valence electrons. The lowest BCUT2D eigenvalue weighted by Crippen LogP contribution is -2.29. The van der Waals surface area contributed by atoms with E-state index in [1.54, 1.807) is 0 Å². The largest absolute Gasteiger partial charge is 0.289 e. The quantitative estimate of drug-likeness (QED) is 0.663. The van der Waals surface area contributed by atoms with E-state index < -0.39 is 0 Å². The number of nitrogens with zero attached hydrogens (tertiary/aromatic N) is 1. The van der Waals surface area contributed by atoms with Gasteiger partial charge >= 0.3 is 0 Å². The highest BCUT2D eigenvalue weighted by molar-refractivity contribution is 8.14. The number of thioether (sulfide) groups is 1. The van der Waals surface area contributed by atoms with Gasteiger partial charge in [-0.15, -0.1) is 0 Å². The lowest BCUT2D eigenvalue weighted by molar-refractivity contribution is -0.124. The Balaban J connectivity index is 2.62. The van der Waals surface area contributed by atoms with Crippen molar-refractivity contribution < 1.29 is 9.59 Å². The van der Waals surface area contributed by atoms with E-state index in [2.05, 4.69) is 6.58 Å².